The normalized spacial score (nSPS) is 18.1. The predicted octanol–water partition coefficient (Wildman–Crippen LogP) is 1.93. The van der Waals surface area contributed by atoms with E-state index < -0.39 is 5.82 Å². The molecule has 20 heavy (non-hydrogen) atoms. The average Bonchev–Trinajstić information content (AvgIpc) is 2.92. The molecule has 0 radical (unpaired) electrons. The lowest BCUT2D eigenvalue weighted by Crippen LogP contribution is -2.18. The third kappa shape index (κ3) is 4.47. The average molecular weight is 282 g/mol. The molecule has 0 saturated carbocycles. The third-order valence-electron chi connectivity index (χ3n) is 3.07. The van der Waals surface area contributed by atoms with Crippen LogP contribution in [-0.4, -0.2) is 31.8 Å². The van der Waals surface area contributed by atoms with Crippen LogP contribution in [0, 0.1) is 5.82 Å². The number of rotatable bonds is 6. The summed E-state index contributed by atoms with van der Waals surface area (Å²) in [4.78, 5) is 11.6. The number of nitrogens with two attached hydrogens (primary N) is 1. The molecule has 1 aromatic rings. The van der Waals surface area contributed by atoms with Gasteiger partial charge in [0.1, 0.15) is 5.82 Å². The van der Waals surface area contributed by atoms with Gasteiger partial charge in [0.2, 0.25) is 5.91 Å². The van der Waals surface area contributed by atoms with Crippen molar-refractivity contribution < 1.29 is 18.7 Å². The van der Waals surface area contributed by atoms with Crippen molar-refractivity contribution in [3.8, 4) is 0 Å². The lowest BCUT2D eigenvalue weighted by atomic mass is 10.2. The number of nitrogen functional groups attached to an aromatic ring is 1. The Morgan fingerprint density at radius 2 is 2.40 bits per heavy atom. The number of benzene rings is 1. The molecule has 1 amide bonds. The molecule has 1 aromatic carbocycles. The second-order valence-corrected chi connectivity index (χ2v) is 4.75. The van der Waals surface area contributed by atoms with Crippen LogP contribution >= 0.6 is 0 Å². The summed E-state index contributed by atoms with van der Waals surface area (Å²) in [6.45, 7) is 1.57. The summed E-state index contributed by atoms with van der Waals surface area (Å²) in [6.07, 6.45) is 2.37. The maximum absolute atomic E-state index is 13.4. The highest BCUT2D eigenvalue weighted by Gasteiger charge is 2.15. The van der Waals surface area contributed by atoms with Crippen LogP contribution < -0.4 is 11.1 Å². The van der Waals surface area contributed by atoms with Gasteiger partial charge in [-0.05, 0) is 31.0 Å². The summed E-state index contributed by atoms with van der Waals surface area (Å²) in [5.41, 5.74) is 6.03. The first-order valence-corrected chi connectivity index (χ1v) is 6.69. The van der Waals surface area contributed by atoms with Gasteiger partial charge in [0, 0.05) is 12.3 Å². The first-order valence-electron chi connectivity index (χ1n) is 6.69. The summed E-state index contributed by atoms with van der Waals surface area (Å²) >= 11 is 0. The monoisotopic (exact) mass is 282 g/mol. The summed E-state index contributed by atoms with van der Waals surface area (Å²) in [5, 5.41) is 2.47. The zero-order chi connectivity index (χ0) is 14.4. The number of amides is 1. The van der Waals surface area contributed by atoms with Gasteiger partial charge in [-0.2, -0.15) is 0 Å². The molecule has 5 nitrogen and oxygen atoms in total. The number of ether oxygens (including phenoxy) is 2. The van der Waals surface area contributed by atoms with Gasteiger partial charge in [-0.15, -0.1) is 0 Å². The molecule has 0 bridgehead atoms. The van der Waals surface area contributed by atoms with E-state index in [1.54, 1.807) is 0 Å². The molecule has 6 heteroatoms. The Balaban J connectivity index is 1.68. The van der Waals surface area contributed by atoms with Gasteiger partial charge in [0.25, 0.3) is 0 Å². The Morgan fingerprint density at radius 1 is 1.55 bits per heavy atom. The predicted molar refractivity (Wildman–Crippen MR) is 73.9 cm³/mol. The quantitative estimate of drug-likeness (QED) is 0.617. The number of nitrogens with one attached hydrogen (secondary N) is 1. The van der Waals surface area contributed by atoms with E-state index in [2.05, 4.69) is 5.32 Å². The van der Waals surface area contributed by atoms with Gasteiger partial charge in [0.15, 0.2) is 0 Å². The fourth-order valence-corrected chi connectivity index (χ4v) is 2.01. The maximum atomic E-state index is 13.4. The lowest BCUT2D eigenvalue weighted by molar-refractivity contribution is -0.117. The van der Waals surface area contributed by atoms with Gasteiger partial charge in [-0.3, -0.25) is 4.79 Å². The van der Waals surface area contributed by atoms with Gasteiger partial charge in [0.05, 0.1) is 31.4 Å². The lowest BCUT2D eigenvalue weighted by Gasteiger charge is -2.10. The largest absolute Gasteiger partial charge is 0.399 e. The SMILES string of the molecule is Nc1ccc(F)c(NC(=O)CCOCC2CCCO2)c1. The molecule has 0 aliphatic carbocycles. The van der Waals surface area contributed by atoms with Crippen molar-refractivity contribution in [1.29, 1.82) is 0 Å². The topological polar surface area (TPSA) is 73.6 Å². The van der Waals surface area contributed by atoms with E-state index in [0.29, 0.717) is 12.3 Å². The van der Waals surface area contributed by atoms with E-state index in [-0.39, 0.29) is 30.7 Å². The molecule has 1 saturated heterocycles. The molecule has 1 heterocycles. The van der Waals surface area contributed by atoms with Crippen LogP contribution in [0.2, 0.25) is 0 Å². The zero-order valence-corrected chi connectivity index (χ0v) is 11.2. The smallest absolute Gasteiger partial charge is 0.226 e. The molecule has 1 aliphatic heterocycles. The minimum atomic E-state index is -0.507. The Morgan fingerprint density at radius 3 is 3.15 bits per heavy atom. The van der Waals surface area contributed by atoms with E-state index >= 15 is 0 Å². The maximum Gasteiger partial charge on any atom is 0.226 e. The highest BCUT2D eigenvalue weighted by molar-refractivity contribution is 5.91. The number of halogens is 1. The summed E-state index contributed by atoms with van der Waals surface area (Å²) < 4.78 is 24.2. The van der Waals surface area contributed by atoms with Crippen molar-refractivity contribution in [3.05, 3.63) is 24.0 Å². The molecule has 1 aliphatic rings. The Hall–Kier alpha value is -1.66. The van der Waals surface area contributed by atoms with Crippen molar-refractivity contribution in [3.63, 3.8) is 0 Å². The van der Waals surface area contributed by atoms with Gasteiger partial charge >= 0.3 is 0 Å². The van der Waals surface area contributed by atoms with E-state index in [1.807, 2.05) is 0 Å². The number of carbonyl (C=O) groups excluding carboxylic acids is 1. The molecular formula is C14H19FN2O3. The Labute approximate surface area is 117 Å². The van der Waals surface area contributed by atoms with E-state index in [4.69, 9.17) is 15.2 Å². The highest BCUT2D eigenvalue weighted by atomic mass is 19.1. The second-order valence-electron chi connectivity index (χ2n) is 4.75. The number of hydrogen-bond acceptors (Lipinski definition) is 4. The van der Waals surface area contributed by atoms with Crippen molar-refractivity contribution in [2.75, 3.05) is 30.9 Å². The number of anilines is 2. The molecular weight excluding hydrogens is 263 g/mol. The van der Waals surface area contributed by atoms with E-state index in [0.717, 1.165) is 19.4 Å². The minimum absolute atomic E-state index is 0.0918. The number of carbonyl (C=O) groups is 1. The van der Waals surface area contributed by atoms with E-state index in [1.165, 1.54) is 18.2 Å². The van der Waals surface area contributed by atoms with Crippen LogP contribution in [0.5, 0.6) is 0 Å². The van der Waals surface area contributed by atoms with Crippen molar-refractivity contribution in [2.24, 2.45) is 0 Å². The van der Waals surface area contributed by atoms with E-state index in [9.17, 15) is 9.18 Å². The van der Waals surface area contributed by atoms with Crippen molar-refractivity contribution in [1.82, 2.24) is 0 Å². The van der Waals surface area contributed by atoms with Crippen LogP contribution in [0.1, 0.15) is 19.3 Å². The molecule has 1 unspecified atom stereocenters. The molecule has 110 valence electrons. The molecule has 0 spiro atoms. The molecule has 2 rings (SSSR count). The molecule has 3 N–H and O–H groups in total. The fourth-order valence-electron chi connectivity index (χ4n) is 2.01. The minimum Gasteiger partial charge on any atom is -0.399 e. The first-order chi connectivity index (χ1) is 9.65. The fraction of sp³-hybridized carbons (Fsp3) is 0.500. The summed E-state index contributed by atoms with van der Waals surface area (Å²) in [7, 11) is 0. The molecule has 1 atom stereocenters. The Kier molecular flexibility index (Phi) is 5.31. The highest BCUT2D eigenvalue weighted by Crippen LogP contribution is 2.17. The first kappa shape index (κ1) is 14.7. The van der Waals surface area contributed by atoms with Crippen LogP contribution in [0.4, 0.5) is 15.8 Å². The number of hydrogen-bond donors (Lipinski definition) is 2. The van der Waals surface area contributed by atoms with Gasteiger partial charge in [-0.25, -0.2) is 4.39 Å². The van der Waals surface area contributed by atoms with Crippen molar-refractivity contribution in [2.45, 2.75) is 25.4 Å². The third-order valence-corrected chi connectivity index (χ3v) is 3.07. The second kappa shape index (κ2) is 7.21. The van der Waals surface area contributed by atoms with Crippen LogP contribution in [-0.2, 0) is 14.3 Å². The summed E-state index contributed by atoms with van der Waals surface area (Å²) in [6, 6.07) is 4.05. The molecule has 1 fully saturated rings. The standard InChI is InChI=1S/C14H19FN2O3/c15-12-4-3-10(16)8-13(12)17-14(18)5-7-19-9-11-2-1-6-20-11/h3-4,8,11H,1-2,5-7,9,16H2,(H,17,18). The Bertz CT molecular complexity index is 462. The van der Waals surface area contributed by atoms with Crippen LogP contribution in [0.15, 0.2) is 18.2 Å². The molecule has 0 aromatic heterocycles. The summed E-state index contributed by atoms with van der Waals surface area (Å²) in [5.74, 6) is -0.810. The van der Waals surface area contributed by atoms with Gasteiger partial charge in [-0.1, -0.05) is 0 Å². The van der Waals surface area contributed by atoms with Gasteiger partial charge < -0.3 is 20.5 Å². The van der Waals surface area contributed by atoms with Crippen LogP contribution in [0.3, 0.4) is 0 Å². The zero-order valence-electron chi connectivity index (χ0n) is 11.2. The van der Waals surface area contributed by atoms with Crippen LogP contribution in [0.25, 0.3) is 0 Å². The van der Waals surface area contributed by atoms with Crippen molar-refractivity contribution >= 4 is 17.3 Å².